The van der Waals surface area contributed by atoms with Crippen molar-refractivity contribution in [1.82, 2.24) is 0 Å². The molecule has 6 heteroatoms. The lowest BCUT2D eigenvalue weighted by molar-refractivity contribution is 0.318. The normalized spacial score (nSPS) is 9.50. The second-order valence-electron chi connectivity index (χ2n) is 0.764. The molecule has 0 aliphatic carbocycles. The van der Waals surface area contributed by atoms with E-state index in [1.165, 1.54) is 0 Å². The van der Waals surface area contributed by atoms with E-state index in [1.807, 2.05) is 0 Å². The highest BCUT2D eigenvalue weighted by atomic mass is 33.1. The summed E-state index contributed by atoms with van der Waals surface area (Å²) in [4.78, 5) is 0. The van der Waals surface area contributed by atoms with Gasteiger partial charge in [0.1, 0.15) is 0 Å². The van der Waals surface area contributed by atoms with E-state index in [1.54, 1.807) is 6.92 Å². The van der Waals surface area contributed by atoms with E-state index in [4.69, 9.17) is 18.1 Å². The van der Waals surface area contributed by atoms with Crippen LogP contribution in [0.2, 0.25) is 0 Å². The van der Waals surface area contributed by atoms with Crippen molar-refractivity contribution in [3.8, 4) is 0 Å². The molecular weight excluding hydrogens is 152 g/mol. The molecule has 0 aromatic heterocycles. The highest BCUT2D eigenvalue weighted by molar-refractivity contribution is 8.61. The van der Waals surface area contributed by atoms with Crippen molar-refractivity contribution in [3.63, 3.8) is 0 Å². The second-order valence-corrected chi connectivity index (χ2v) is 3.04. The summed E-state index contributed by atoms with van der Waals surface area (Å²) < 4.78 is 25.5. The molecule has 4 nitrogen and oxygen atoms in total. The van der Waals surface area contributed by atoms with E-state index in [0.29, 0.717) is 0 Å². The molecule has 0 heterocycles. The van der Waals surface area contributed by atoms with Crippen LogP contribution in [0.3, 0.4) is 0 Å². The van der Waals surface area contributed by atoms with Crippen LogP contribution < -0.4 is 0 Å². The molecule has 0 spiro atoms. The van der Waals surface area contributed by atoms with Gasteiger partial charge in [0.15, 0.2) is 0 Å². The lowest BCUT2D eigenvalue weighted by atomic mass is 10.9. The summed E-state index contributed by atoms with van der Waals surface area (Å²) >= 11 is 2.65. The van der Waals surface area contributed by atoms with E-state index in [-0.39, 0.29) is 6.61 Å². The van der Waals surface area contributed by atoms with Crippen molar-refractivity contribution in [3.05, 3.63) is 0 Å². The van der Waals surface area contributed by atoms with Crippen molar-refractivity contribution in [2.75, 3.05) is 6.61 Å². The molecule has 2 N–H and O–H groups in total. The molecule has 0 amide bonds. The largest absolute Gasteiger partial charge is 0.397 e. The summed E-state index contributed by atoms with van der Waals surface area (Å²) in [5, 5.41) is 7.57. The molecule has 0 aromatic rings. The van der Waals surface area contributed by atoms with Gasteiger partial charge in [0.25, 0.3) is 0 Å². The smallest absolute Gasteiger partial charge is 0.316 e. The van der Waals surface area contributed by atoms with Crippen LogP contribution >= 0.6 is 11.7 Å². The zero-order valence-electron chi connectivity index (χ0n) is 4.27. The molecule has 52 valence electrons. The Morgan fingerprint density at radius 1 is 1.62 bits per heavy atom. The maximum atomic E-state index is 9.05. The number of rotatable bonds is 0. The minimum atomic E-state index is -3.97. The van der Waals surface area contributed by atoms with Gasteiger partial charge in [0, 0.05) is 6.61 Å². The summed E-state index contributed by atoms with van der Waals surface area (Å²) in [6.07, 6.45) is 0. The predicted octanol–water partition coefficient (Wildman–Crippen LogP) is -0.282. The van der Waals surface area contributed by atoms with Crippen LogP contribution in [0.4, 0.5) is 0 Å². The van der Waals surface area contributed by atoms with Crippen molar-refractivity contribution >= 4 is 20.8 Å². The van der Waals surface area contributed by atoms with Crippen LogP contribution in [-0.4, -0.2) is 24.7 Å². The van der Waals surface area contributed by atoms with E-state index in [0.717, 1.165) is 0 Å². The second kappa shape index (κ2) is 5.36. The van der Waals surface area contributed by atoms with Crippen LogP contribution in [0, 0.1) is 0 Å². The van der Waals surface area contributed by atoms with Gasteiger partial charge >= 0.3 is 9.15 Å². The molecule has 0 aromatic carbocycles. The van der Waals surface area contributed by atoms with Gasteiger partial charge in [-0.25, -0.2) is 0 Å². The predicted molar refractivity (Wildman–Crippen MR) is 33.3 cm³/mol. The average Bonchev–Trinajstić information content (AvgIpc) is 1.27. The fourth-order valence-corrected chi connectivity index (χ4v) is 0. The SMILES string of the molecule is CCO.O=S(=O)(O)S. The topological polar surface area (TPSA) is 74.6 Å². The van der Waals surface area contributed by atoms with Gasteiger partial charge in [-0.2, -0.15) is 8.42 Å². The fourth-order valence-electron chi connectivity index (χ4n) is 0. The standard InChI is InChI=1S/C2H6O.H2O3S2/c1-2-3;1-5(2,3)4/h3H,2H2,1H3;(H2,1,2,3,4). The molecular formula is C2H8O4S2. The van der Waals surface area contributed by atoms with E-state index >= 15 is 0 Å². The number of aliphatic hydroxyl groups excluding tert-OH is 1. The minimum Gasteiger partial charge on any atom is -0.397 e. The molecule has 0 atom stereocenters. The van der Waals surface area contributed by atoms with Crippen LogP contribution in [-0.2, 0) is 9.15 Å². The minimum absolute atomic E-state index is 0.250. The lowest BCUT2D eigenvalue weighted by Gasteiger charge is -1.67. The maximum absolute atomic E-state index is 9.05. The van der Waals surface area contributed by atoms with Crippen LogP contribution in [0.15, 0.2) is 0 Å². The van der Waals surface area contributed by atoms with Crippen LogP contribution in [0.1, 0.15) is 6.92 Å². The Balaban J connectivity index is 0. The first kappa shape index (κ1) is 11.1. The van der Waals surface area contributed by atoms with Crippen molar-refractivity contribution in [2.24, 2.45) is 0 Å². The molecule has 0 radical (unpaired) electrons. The van der Waals surface area contributed by atoms with Gasteiger partial charge in [0.2, 0.25) is 0 Å². The van der Waals surface area contributed by atoms with Gasteiger partial charge in [-0.3, -0.25) is 4.55 Å². The number of thiol groups is 1. The van der Waals surface area contributed by atoms with Gasteiger partial charge < -0.3 is 5.11 Å². The average molecular weight is 160 g/mol. The highest BCUT2D eigenvalue weighted by Gasteiger charge is 1.83. The van der Waals surface area contributed by atoms with E-state index < -0.39 is 9.15 Å². The quantitative estimate of drug-likeness (QED) is 0.259. The molecule has 0 rings (SSSR count). The first-order valence-corrected chi connectivity index (χ1v) is 4.21. The Kier molecular flexibility index (Phi) is 7.42. The molecule has 0 unspecified atom stereocenters. The maximum Gasteiger partial charge on any atom is 0.316 e. The van der Waals surface area contributed by atoms with Gasteiger partial charge in [-0.1, -0.05) is 0 Å². The molecule has 0 bridgehead atoms. The van der Waals surface area contributed by atoms with Crippen LogP contribution in [0.5, 0.6) is 0 Å². The Morgan fingerprint density at radius 3 is 1.62 bits per heavy atom. The molecule has 8 heavy (non-hydrogen) atoms. The molecule has 0 saturated carbocycles. The van der Waals surface area contributed by atoms with Gasteiger partial charge in [0.05, 0.1) is 0 Å². The van der Waals surface area contributed by atoms with E-state index in [9.17, 15) is 0 Å². The third-order valence-electron chi connectivity index (χ3n) is 0. The Hall–Kier alpha value is 0.220. The third kappa shape index (κ3) is 3500. The summed E-state index contributed by atoms with van der Waals surface area (Å²) in [6, 6.07) is 0. The van der Waals surface area contributed by atoms with Crippen molar-refractivity contribution in [2.45, 2.75) is 6.92 Å². The van der Waals surface area contributed by atoms with Crippen molar-refractivity contribution < 1.29 is 18.1 Å². The summed E-state index contributed by atoms with van der Waals surface area (Å²) in [6.45, 7) is 1.93. The first-order chi connectivity index (χ1) is 3.41. The van der Waals surface area contributed by atoms with Gasteiger partial charge in [-0.15, -0.1) is 0 Å². The lowest BCUT2D eigenvalue weighted by Crippen LogP contribution is -1.78. The van der Waals surface area contributed by atoms with Crippen molar-refractivity contribution in [1.29, 1.82) is 0 Å². The number of aliphatic hydroxyl groups is 1. The first-order valence-electron chi connectivity index (χ1n) is 1.72. The molecule has 0 saturated heterocycles. The number of hydrogen-bond acceptors (Lipinski definition) is 3. The summed E-state index contributed by atoms with van der Waals surface area (Å²) in [5.74, 6) is 0. The zero-order valence-corrected chi connectivity index (χ0v) is 5.98. The zero-order chi connectivity index (χ0) is 7.21. The molecule has 0 aliphatic heterocycles. The summed E-state index contributed by atoms with van der Waals surface area (Å²) in [7, 11) is -3.97. The molecule has 0 aliphatic rings. The Labute approximate surface area is 53.1 Å². The van der Waals surface area contributed by atoms with E-state index in [2.05, 4.69) is 11.7 Å². The third-order valence-corrected chi connectivity index (χ3v) is 0. The van der Waals surface area contributed by atoms with Crippen LogP contribution in [0.25, 0.3) is 0 Å². The Bertz CT molecular complexity index is 106. The Morgan fingerprint density at radius 2 is 1.62 bits per heavy atom. The monoisotopic (exact) mass is 160 g/mol. The molecule has 0 fully saturated rings. The summed E-state index contributed by atoms with van der Waals surface area (Å²) in [5.41, 5.74) is 0. The van der Waals surface area contributed by atoms with Gasteiger partial charge in [-0.05, 0) is 18.6 Å². The fraction of sp³-hybridized carbons (Fsp3) is 1.00. The highest BCUT2D eigenvalue weighted by Crippen LogP contribution is 1.81. The number of hydrogen-bond donors (Lipinski definition) is 3.